The van der Waals surface area contributed by atoms with Gasteiger partial charge in [-0.05, 0) is 50.4 Å². The minimum Gasteiger partial charge on any atom is -0.491 e. The molecule has 0 saturated carbocycles. The largest absolute Gasteiger partial charge is 0.491 e. The molecule has 13 heteroatoms. The molecular formula is C28H28Cl2N4O6S. The topological polar surface area (TPSA) is 110 Å². The van der Waals surface area contributed by atoms with E-state index in [1.165, 1.54) is 18.9 Å². The van der Waals surface area contributed by atoms with Crippen LogP contribution in [0.15, 0.2) is 53.8 Å². The van der Waals surface area contributed by atoms with Crippen LogP contribution in [0, 0.1) is 0 Å². The Kier molecular flexibility index (Phi) is 8.93. The summed E-state index contributed by atoms with van der Waals surface area (Å²) in [7, 11) is 1.54. The molecule has 4 aromatic rings. The Bertz CT molecular complexity index is 1530. The first-order valence-corrected chi connectivity index (χ1v) is 14.5. The summed E-state index contributed by atoms with van der Waals surface area (Å²) >= 11 is 14.8. The molecule has 1 aliphatic heterocycles. The van der Waals surface area contributed by atoms with Gasteiger partial charge in [-0.25, -0.2) is 15.0 Å². The molecule has 1 N–H and O–H groups in total. The summed E-state index contributed by atoms with van der Waals surface area (Å²) in [6.07, 6.45) is 3.28. The van der Waals surface area contributed by atoms with Crippen molar-refractivity contribution in [2.45, 2.75) is 30.9 Å². The van der Waals surface area contributed by atoms with E-state index in [4.69, 9.17) is 51.9 Å². The minimum absolute atomic E-state index is 0.0697. The van der Waals surface area contributed by atoms with Crippen molar-refractivity contribution >= 4 is 35.0 Å². The van der Waals surface area contributed by atoms with E-state index in [0.29, 0.717) is 51.5 Å². The second kappa shape index (κ2) is 12.4. The first-order chi connectivity index (χ1) is 19.7. The zero-order valence-electron chi connectivity index (χ0n) is 22.8. The van der Waals surface area contributed by atoms with E-state index in [2.05, 4.69) is 9.97 Å². The number of aromatic nitrogens is 4. The number of halogens is 2. The van der Waals surface area contributed by atoms with E-state index in [9.17, 15) is 5.21 Å². The molecule has 3 heterocycles. The van der Waals surface area contributed by atoms with Crippen LogP contribution in [0.1, 0.15) is 13.8 Å². The first kappa shape index (κ1) is 29.4. The van der Waals surface area contributed by atoms with Gasteiger partial charge in [0.05, 0.1) is 27.9 Å². The Morgan fingerprint density at radius 1 is 1.10 bits per heavy atom. The minimum atomic E-state index is -0.656. The highest BCUT2D eigenvalue weighted by atomic mass is 35.5. The van der Waals surface area contributed by atoms with Gasteiger partial charge in [0.15, 0.2) is 23.6 Å². The second-order valence-electron chi connectivity index (χ2n) is 9.48. The summed E-state index contributed by atoms with van der Waals surface area (Å²) in [6.45, 7) is 4.44. The van der Waals surface area contributed by atoms with Gasteiger partial charge in [0.2, 0.25) is 0 Å². The Balaban J connectivity index is 1.55. The summed E-state index contributed by atoms with van der Waals surface area (Å²) in [4.78, 5) is 13.6. The second-order valence-corrected chi connectivity index (χ2v) is 11.1. The maximum atomic E-state index is 11.5. The fraction of sp³-hybridized carbons (Fsp3) is 0.321. The van der Waals surface area contributed by atoms with E-state index in [0.717, 1.165) is 4.73 Å². The summed E-state index contributed by atoms with van der Waals surface area (Å²) in [5, 5.41) is 12.6. The lowest BCUT2D eigenvalue weighted by Crippen LogP contribution is -2.25. The zero-order valence-corrected chi connectivity index (χ0v) is 25.1. The van der Waals surface area contributed by atoms with E-state index in [-0.39, 0.29) is 35.4 Å². The molecule has 10 nitrogen and oxygen atoms in total. The highest BCUT2D eigenvalue weighted by molar-refractivity contribution is 7.98. The maximum Gasteiger partial charge on any atom is 0.188 e. The van der Waals surface area contributed by atoms with Crippen LogP contribution in [0.4, 0.5) is 0 Å². The van der Waals surface area contributed by atoms with Crippen molar-refractivity contribution in [2.24, 2.45) is 0 Å². The van der Waals surface area contributed by atoms with Crippen LogP contribution in [0.5, 0.6) is 11.5 Å². The van der Waals surface area contributed by atoms with Gasteiger partial charge < -0.3 is 28.9 Å². The standard InChI is InChI=1S/C28H28Cl2N4O6S/c1-28(2)39-14-19(40-28)13-37-18-11-20(29)23(21(30)12-18)26-33-24(22-8-9-31-27(32-22)41-4)25(34(26)35)16-6-5-7-17(10-16)38-15-36-3/h5-12,19,35H,13-15H2,1-4H3/t19-/m0/s1. The van der Waals surface area contributed by atoms with Crippen molar-refractivity contribution in [3.63, 3.8) is 0 Å². The number of benzene rings is 2. The van der Waals surface area contributed by atoms with Crippen LogP contribution in [-0.4, -0.2) is 70.2 Å². The van der Waals surface area contributed by atoms with Gasteiger partial charge >= 0.3 is 0 Å². The molecule has 1 fully saturated rings. The number of rotatable bonds is 10. The van der Waals surface area contributed by atoms with E-state index >= 15 is 0 Å². The molecule has 2 aromatic heterocycles. The average Bonchev–Trinajstić information content (AvgIpc) is 3.48. The maximum absolute atomic E-state index is 11.5. The first-order valence-electron chi connectivity index (χ1n) is 12.5. The Morgan fingerprint density at radius 3 is 2.56 bits per heavy atom. The van der Waals surface area contributed by atoms with Gasteiger partial charge in [-0.1, -0.05) is 47.1 Å². The normalized spacial score (nSPS) is 16.2. The average molecular weight is 620 g/mol. The molecule has 1 saturated heterocycles. The molecule has 5 rings (SSSR count). The highest BCUT2D eigenvalue weighted by Gasteiger charge is 2.33. The molecule has 0 bridgehead atoms. The molecule has 0 amide bonds. The third-order valence-electron chi connectivity index (χ3n) is 6.11. The summed E-state index contributed by atoms with van der Waals surface area (Å²) in [5.74, 6) is 0.453. The summed E-state index contributed by atoms with van der Waals surface area (Å²) in [5.41, 5.74) is 2.21. The molecule has 0 unspecified atom stereocenters. The van der Waals surface area contributed by atoms with Crippen LogP contribution in [0.3, 0.4) is 0 Å². The molecule has 1 aliphatic rings. The Morgan fingerprint density at radius 2 is 1.88 bits per heavy atom. The highest BCUT2D eigenvalue weighted by Crippen LogP contribution is 2.42. The van der Waals surface area contributed by atoms with Gasteiger partial charge in [0, 0.05) is 18.9 Å². The molecule has 41 heavy (non-hydrogen) atoms. The number of imidazole rings is 1. The molecule has 0 spiro atoms. The molecule has 0 aliphatic carbocycles. The smallest absolute Gasteiger partial charge is 0.188 e. The molecule has 1 atom stereocenters. The van der Waals surface area contributed by atoms with Gasteiger partial charge in [-0.2, -0.15) is 4.73 Å². The SMILES string of the molecule is COCOc1cccc(-c2c(-c3ccnc(SC)n3)nc(-c3c(Cl)cc(OC[C@H]4COC(C)(C)O4)cc3Cl)n2O)c1. The number of methoxy groups -OCH3 is 1. The van der Waals surface area contributed by atoms with Crippen molar-refractivity contribution < 1.29 is 28.9 Å². The lowest BCUT2D eigenvalue weighted by molar-refractivity contribution is -0.141. The number of thioether (sulfide) groups is 1. The number of hydrogen-bond acceptors (Lipinski definition) is 10. The third-order valence-corrected chi connectivity index (χ3v) is 7.26. The van der Waals surface area contributed by atoms with E-state index < -0.39 is 5.79 Å². The third kappa shape index (κ3) is 6.56. The number of hydrogen-bond donors (Lipinski definition) is 1. The summed E-state index contributed by atoms with van der Waals surface area (Å²) in [6, 6.07) is 12.1. The van der Waals surface area contributed by atoms with Gasteiger partial charge in [0.25, 0.3) is 0 Å². The van der Waals surface area contributed by atoms with Crippen molar-refractivity contribution in [1.29, 1.82) is 0 Å². The van der Waals surface area contributed by atoms with Gasteiger partial charge in [-0.3, -0.25) is 0 Å². The van der Waals surface area contributed by atoms with E-state index in [1.807, 2.05) is 26.2 Å². The van der Waals surface area contributed by atoms with Crippen LogP contribution < -0.4 is 9.47 Å². The lowest BCUT2D eigenvalue weighted by atomic mass is 10.1. The quantitative estimate of drug-likeness (QED) is 0.0920. The van der Waals surface area contributed by atoms with Crippen molar-refractivity contribution in [3.05, 3.63) is 58.7 Å². The number of nitrogens with zero attached hydrogens (tertiary/aromatic N) is 4. The molecule has 0 radical (unpaired) electrons. The molecule has 216 valence electrons. The van der Waals surface area contributed by atoms with Gasteiger partial charge in [-0.15, -0.1) is 0 Å². The number of ether oxygens (including phenoxy) is 5. The van der Waals surface area contributed by atoms with Crippen LogP contribution in [-0.2, 0) is 14.2 Å². The Labute approximate surface area is 251 Å². The fourth-order valence-corrected chi connectivity index (χ4v) is 5.32. The van der Waals surface area contributed by atoms with Crippen LogP contribution in [0.2, 0.25) is 10.0 Å². The zero-order chi connectivity index (χ0) is 29.1. The summed E-state index contributed by atoms with van der Waals surface area (Å²) < 4.78 is 28.9. The predicted octanol–water partition coefficient (Wildman–Crippen LogP) is 6.45. The van der Waals surface area contributed by atoms with E-state index in [1.54, 1.807) is 42.6 Å². The van der Waals surface area contributed by atoms with Crippen molar-refractivity contribution in [3.8, 4) is 45.5 Å². The molecular weight excluding hydrogens is 591 g/mol. The van der Waals surface area contributed by atoms with Crippen LogP contribution in [0.25, 0.3) is 34.0 Å². The van der Waals surface area contributed by atoms with Gasteiger partial charge in [0.1, 0.15) is 35.6 Å². The predicted molar refractivity (Wildman–Crippen MR) is 156 cm³/mol. The lowest BCUT2D eigenvalue weighted by Gasteiger charge is -2.17. The van der Waals surface area contributed by atoms with Crippen LogP contribution >= 0.6 is 35.0 Å². The van der Waals surface area contributed by atoms with Crippen molar-refractivity contribution in [2.75, 3.05) is 33.4 Å². The fourth-order valence-electron chi connectivity index (χ4n) is 4.32. The monoisotopic (exact) mass is 618 g/mol. The Hall–Kier alpha value is -3.06. The molecule has 2 aromatic carbocycles. The van der Waals surface area contributed by atoms with Crippen molar-refractivity contribution in [1.82, 2.24) is 19.7 Å².